The van der Waals surface area contributed by atoms with Crippen LogP contribution in [0.5, 0.6) is 5.75 Å². The molecule has 0 aliphatic heterocycles. The summed E-state index contributed by atoms with van der Waals surface area (Å²) < 4.78 is 5.21. The van der Waals surface area contributed by atoms with Gasteiger partial charge in [-0.15, -0.1) is 0 Å². The van der Waals surface area contributed by atoms with E-state index in [0.29, 0.717) is 5.75 Å². The number of pyridine rings is 1. The number of carbonyl (C=O) groups is 1. The summed E-state index contributed by atoms with van der Waals surface area (Å²) in [5, 5.41) is 0. The number of aromatic nitrogens is 1. The van der Waals surface area contributed by atoms with Gasteiger partial charge in [0.05, 0.1) is 5.69 Å². The zero-order chi connectivity index (χ0) is 10.6. The van der Waals surface area contributed by atoms with Crippen LogP contribution in [0.2, 0.25) is 0 Å². The van der Waals surface area contributed by atoms with Crippen molar-refractivity contribution in [3.8, 4) is 5.75 Å². The SMILES string of the molecule is CCc1nc(C)ccc1OCC(N)=O. The predicted molar refractivity (Wildman–Crippen MR) is 53.0 cm³/mol. The lowest BCUT2D eigenvalue weighted by atomic mass is 10.2. The number of hydrogen-bond donors (Lipinski definition) is 1. The molecule has 1 heterocycles. The molecular weight excluding hydrogens is 180 g/mol. The van der Waals surface area contributed by atoms with Gasteiger partial charge >= 0.3 is 0 Å². The highest BCUT2D eigenvalue weighted by molar-refractivity contribution is 5.75. The molecule has 0 saturated carbocycles. The average Bonchev–Trinajstić information content (AvgIpc) is 2.15. The molecule has 0 atom stereocenters. The fourth-order valence-electron chi connectivity index (χ4n) is 1.13. The van der Waals surface area contributed by atoms with Crippen LogP contribution in [0, 0.1) is 6.92 Å². The predicted octanol–water partition coefficient (Wildman–Crippen LogP) is 0.817. The molecule has 1 rings (SSSR count). The first kappa shape index (κ1) is 10.5. The van der Waals surface area contributed by atoms with Gasteiger partial charge < -0.3 is 10.5 Å². The fourth-order valence-corrected chi connectivity index (χ4v) is 1.13. The van der Waals surface area contributed by atoms with Crippen molar-refractivity contribution >= 4 is 5.91 Å². The molecule has 0 aliphatic carbocycles. The molecule has 0 saturated heterocycles. The highest BCUT2D eigenvalue weighted by atomic mass is 16.5. The van der Waals surface area contributed by atoms with Crippen LogP contribution in [0.15, 0.2) is 12.1 Å². The van der Waals surface area contributed by atoms with Gasteiger partial charge in [-0.2, -0.15) is 0 Å². The van der Waals surface area contributed by atoms with Gasteiger partial charge in [-0.1, -0.05) is 6.92 Å². The van der Waals surface area contributed by atoms with Crippen molar-refractivity contribution in [1.29, 1.82) is 0 Å². The molecule has 0 spiro atoms. The van der Waals surface area contributed by atoms with Gasteiger partial charge in [0, 0.05) is 5.69 Å². The lowest BCUT2D eigenvalue weighted by molar-refractivity contribution is -0.119. The Morgan fingerprint density at radius 3 is 2.86 bits per heavy atom. The number of primary amides is 1. The molecule has 4 nitrogen and oxygen atoms in total. The van der Waals surface area contributed by atoms with Crippen LogP contribution in [0.1, 0.15) is 18.3 Å². The van der Waals surface area contributed by atoms with Gasteiger partial charge in [0.1, 0.15) is 5.75 Å². The van der Waals surface area contributed by atoms with Gasteiger partial charge in [-0.25, -0.2) is 0 Å². The Morgan fingerprint density at radius 2 is 2.29 bits per heavy atom. The van der Waals surface area contributed by atoms with E-state index in [1.807, 2.05) is 26.0 Å². The Morgan fingerprint density at radius 1 is 1.57 bits per heavy atom. The molecule has 1 aromatic heterocycles. The largest absolute Gasteiger partial charge is 0.482 e. The second-order valence-electron chi connectivity index (χ2n) is 3.01. The van der Waals surface area contributed by atoms with E-state index in [2.05, 4.69) is 4.98 Å². The Labute approximate surface area is 83.1 Å². The third-order valence-electron chi connectivity index (χ3n) is 1.78. The number of carbonyl (C=O) groups excluding carboxylic acids is 1. The fraction of sp³-hybridized carbons (Fsp3) is 0.400. The molecule has 0 fully saturated rings. The molecular formula is C10H14N2O2. The second kappa shape index (κ2) is 4.60. The maximum absolute atomic E-state index is 10.5. The summed E-state index contributed by atoms with van der Waals surface area (Å²) in [5.74, 6) is 0.157. The highest BCUT2D eigenvalue weighted by Crippen LogP contribution is 2.16. The topological polar surface area (TPSA) is 65.2 Å². The summed E-state index contributed by atoms with van der Waals surface area (Å²) in [6.45, 7) is 3.80. The molecule has 0 unspecified atom stereocenters. The van der Waals surface area contributed by atoms with E-state index in [1.54, 1.807) is 0 Å². The van der Waals surface area contributed by atoms with E-state index in [9.17, 15) is 4.79 Å². The quantitative estimate of drug-likeness (QED) is 0.771. The molecule has 0 aromatic carbocycles. The lowest BCUT2D eigenvalue weighted by Crippen LogP contribution is -2.20. The standard InChI is InChI=1S/C10H14N2O2/c1-3-8-9(14-6-10(11)13)5-4-7(2)12-8/h4-5H,3,6H2,1-2H3,(H2,11,13). The molecule has 4 heteroatoms. The van der Waals surface area contributed by atoms with Crippen LogP contribution in [0.4, 0.5) is 0 Å². The maximum atomic E-state index is 10.5. The van der Waals surface area contributed by atoms with Crippen molar-refractivity contribution in [3.05, 3.63) is 23.5 Å². The van der Waals surface area contributed by atoms with E-state index >= 15 is 0 Å². The van der Waals surface area contributed by atoms with Crippen LogP contribution in [0.25, 0.3) is 0 Å². The molecule has 0 bridgehead atoms. The summed E-state index contributed by atoms with van der Waals surface area (Å²) in [5.41, 5.74) is 6.77. The zero-order valence-electron chi connectivity index (χ0n) is 8.41. The Hall–Kier alpha value is -1.58. The van der Waals surface area contributed by atoms with Crippen molar-refractivity contribution in [2.45, 2.75) is 20.3 Å². The number of hydrogen-bond acceptors (Lipinski definition) is 3. The van der Waals surface area contributed by atoms with Gasteiger partial charge in [0.25, 0.3) is 5.91 Å². The smallest absolute Gasteiger partial charge is 0.255 e. The van der Waals surface area contributed by atoms with Gasteiger partial charge in [-0.3, -0.25) is 9.78 Å². The summed E-state index contributed by atoms with van der Waals surface area (Å²) >= 11 is 0. The van der Waals surface area contributed by atoms with Crippen molar-refractivity contribution in [3.63, 3.8) is 0 Å². The Kier molecular flexibility index (Phi) is 3.45. The monoisotopic (exact) mass is 194 g/mol. The number of amides is 1. The van der Waals surface area contributed by atoms with Gasteiger partial charge in [0.2, 0.25) is 0 Å². The minimum absolute atomic E-state index is 0.0995. The zero-order valence-corrected chi connectivity index (χ0v) is 8.41. The average molecular weight is 194 g/mol. The summed E-state index contributed by atoms with van der Waals surface area (Å²) in [6.07, 6.45) is 0.774. The second-order valence-corrected chi connectivity index (χ2v) is 3.01. The van der Waals surface area contributed by atoms with Crippen molar-refractivity contribution < 1.29 is 9.53 Å². The highest BCUT2D eigenvalue weighted by Gasteiger charge is 2.04. The number of nitrogens with zero attached hydrogens (tertiary/aromatic N) is 1. The van der Waals surface area contributed by atoms with Crippen LogP contribution in [0.3, 0.4) is 0 Å². The van der Waals surface area contributed by atoms with Crippen LogP contribution in [-0.4, -0.2) is 17.5 Å². The molecule has 76 valence electrons. The van der Waals surface area contributed by atoms with Gasteiger partial charge in [-0.05, 0) is 25.5 Å². The maximum Gasteiger partial charge on any atom is 0.255 e. The van der Waals surface area contributed by atoms with E-state index in [-0.39, 0.29) is 6.61 Å². The third-order valence-corrected chi connectivity index (χ3v) is 1.78. The number of aryl methyl sites for hydroxylation is 2. The van der Waals surface area contributed by atoms with Crippen molar-refractivity contribution in [2.24, 2.45) is 5.73 Å². The first-order valence-corrected chi connectivity index (χ1v) is 4.51. The van der Waals surface area contributed by atoms with Crippen LogP contribution in [-0.2, 0) is 11.2 Å². The van der Waals surface area contributed by atoms with E-state index < -0.39 is 5.91 Å². The first-order chi connectivity index (χ1) is 6.63. The lowest BCUT2D eigenvalue weighted by Gasteiger charge is -2.08. The number of ether oxygens (including phenoxy) is 1. The van der Waals surface area contributed by atoms with E-state index in [0.717, 1.165) is 17.8 Å². The van der Waals surface area contributed by atoms with Gasteiger partial charge in [0.15, 0.2) is 6.61 Å². The molecule has 0 radical (unpaired) electrons. The minimum Gasteiger partial charge on any atom is -0.482 e. The third kappa shape index (κ3) is 2.73. The normalized spacial score (nSPS) is 9.86. The Bertz CT molecular complexity index is 337. The van der Waals surface area contributed by atoms with Crippen molar-refractivity contribution in [1.82, 2.24) is 4.98 Å². The minimum atomic E-state index is -0.479. The van der Waals surface area contributed by atoms with Crippen LogP contribution < -0.4 is 10.5 Å². The van der Waals surface area contributed by atoms with Crippen molar-refractivity contribution in [2.75, 3.05) is 6.61 Å². The molecule has 14 heavy (non-hydrogen) atoms. The molecule has 0 aliphatic rings. The number of nitrogens with two attached hydrogens (primary N) is 1. The molecule has 1 amide bonds. The van der Waals surface area contributed by atoms with E-state index in [1.165, 1.54) is 0 Å². The summed E-state index contributed by atoms with van der Waals surface area (Å²) in [7, 11) is 0. The van der Waals surface area contributed by atoms with E-state index in [4.69, 9.17) is 10.5 Å². The Balaban J connectivity index is 2.80. The summed E-state index contributed by atoms with van der Waals surface area (Å²) in [4.78, 5) is 14.8. The van der Waals surface area contributed by atoms with Crippen LogP contribution >= 0.6 is 0 Å². The molecule has 2 N–H and O–H groups in total. The summed E-state index contributed by atoms with van der Waals surface area (Å²) in [6, 6.07) is 3.65. The number of rotatable bonds is 4. The first-order valence-electron chi connectivity index (χ1n) is 4.51. The molecule has 1 aromatic rings.